The van der Waals surface area contributed by atoms with Gasteiger partial charge in [0.2, 0.25) is 5.91 Å². The first kappa shape index (κ1) is 29.8. The van der Waals surface area contributed by atoms with Gasteiger partial charge in [-0.15, -0.1) is 0 Å². The lowest BCUT2D eigenvalue weighted by Gasteiger charge is -2.19. The van der Waals surface area contributed by atoms with E-state index in [1.807, 2.05) is 24.3 Å². The summed E-state index contributed by atoms with van der Waals surface area (Å²) in [7, 11) is 0. The van der Waals surface area contributed by atoms with E-state index in [0.717, 1.165) is 24.0 Å². The molecular weight excluding hydrogens is 574 g/mol. The molecule has 9 nitrogen and oxygen atoms in total. The fourth-order valence-electron chi connectivity index (χ4n) is 4.60. The quantitative estimate of drug-likeness (QED) is 0.240. The third-order valence-corrected chi connectivity index (χ3v) is 7.40. The van der Waals surface area contributed by atoms with Crippen LogP contribution in [0.3, 0.4) is 0 Å². The highest BCUT2D eigenvalue weighted by atomic mass is 35.5. The number of nitrogens with one attached hydrogen (secondary N) is 4. The smallest absolute Gasteiger partial charge is 0.328 e. The highest BCUT2D eigenvalue weighted by Crippen LogP contribution is 2.32. The topological polar surface area (TPSA) is 137 Å². The number of benzene rings is 3. The number of hydrogen-bond donors (Lipinski definition) is 5. The number of halogens is 3. The zero-order valence-corrected chi connectivity index (χ0v) is 23.4. The van der Waals surface area contributed by atoms with Gasteiger partial charge in [0, 0.05) is 0 Å². The second-order valence-electron chi connectivity index (χ2n) is 9.60. The molecule has 1 aliphatic carbocycles. The molecule has 0 heterocycles. The number of fused-ring (bicyclic) bond motifs is 1. The number of hydrogen-bond acceptors (Lipinski definition) is 4. The van der Waals surface area contributed by atoms with Gasteiger partial charge in [-0.3, -0.25) is 9.59 Å². The predicted molar refractivity (Wildman–Crippen MR) is 153 cm³/mol. The first-order chi connectivity index (χ1) is 19.5. The summed E-state index contributed by atoms with van der Waals surface area (Å²) in [6.45, 7) is 1.17. The highest BCUT2D eigenvalue weighted by molar-refractivity contribution is 6.41. The third kappa shape index (κ3) is 7.33. The predicted octanol–water partition coefficient (Wildman–Crippen LogP) is 4.79. The second kappa shape index (κ2) is 13.0. The van der Waals surface area contributed by atoms with Crippen molar-refractivity contribution in [3.63, 3.8) is 0 Å². The number of carboxylic acids is 1. The van der Waals surface area contributed by atoms with E-state index >= 15 is 0 Å². The summed E-state index contributed by atoms with van der Waals surface area (Å²) in [6, 6.07) is 12.5. The van der Waals surface area contributed by atoms with Crippen LogP contribution < -0.4 is 21.3 Å². The number of aryl methyl sites for hydroxylation is 2. The van der Waals surface area contributed by atoms with Gasteiger partial charge in [0.15, 0.2) is 0 Å². The van der Waals surface area contributed by atoms with E-state index in [-0.39, 0.29) is 39.6 Å². The number of amides is 4. The molecule has 0 saturated heterocycles. The molecule has 0 bridgehead atoms. The molecule has 1 aliphatic rings. The van der Waals surface area contributed by atoms with Crippen molar-refractivity contribution in [3.05, 3.63) is 98.3 Å². The van der Waals surface area contributed by atoms with E-state index in [9.17, 15) is 28.7 Å². The lowest BCUT2D eigenvalue weighted by atomic mass is 10.1. The average molecular weight is 601 g/mol. The molecule has 12 heteroatoms. The van der Waals surface area contributed by atoms with Crippen molar-refractivity contribution < 1.29 is 28.7 Å². The van der Waals surface area contributed by atoms with Crippen LogP contribution in [0.4, 0.5) is 14.9 Å². The van der Waals surface area contributed by atoms with Crippen molar-refractivity contribution in [2.24, 2.45) is 0 Å². The van der Waals surface area contributed by atoms with E-state index in [4.69, 9.17) is 23.2 Å². The Labute approximate surface area is 245 Å². The van der Waals surface area contributed by atoms with Crippen LogP contribution in [-0.4, -0.2) is 41.5 Å². The van der Waals surface area contributed by atoms with Gasteiger partial charge >= 0.3 is 12.0 Å². The molecule has 0 spiro atoms. The lowest BCUT2D eigenvalue weighted by molar-refractivity contribution is -0.139. The molecule has 0 radical (unpaired) electrons. The number of rotatable bonds is 9. The number of aliphatic carboxylic acids is 1. The van der Waals surface area contributed by atoms with Crippen LogP contribution in [0.25, 0.3) is 0 Å². The van der Waals surface area contributed by atoms with Crippen LogP contribution in [0.1, 0.15) is 45.1 Å². The van der Waals surface area contributed by atoms with Gasteiger partial charge in [-0.2, -0.15) is 0 Å². The molecule has 0 aliphatic heterocycles. The maximum absolute atomic E-state index is 13.5. The van der Waals surface area contributed by atoms with Crippen molar-refractivity contribution in [1.82, 2.24) is 16.0 Å². The number of carboxylic acid groups (broad SMARTS) is 1. The van der Waals surface area contributed by atoms with Crippen molar-refractivity contribution >= 4 is 52.7 Å². The van der Waals surface area contributed by atoms with Crippen LogP contribution in [0.5, 0.6) is 0 Å². The summed E-state index contributed by atoms with van der Waals surface area (Å²) >= 11 is 12.6. The van der Waals surface area contributed by atoms with Gasteiger partial charge in [-0.1, -0.05) is 59.6 Å². The Morgan fingerprint density at radius 1 is 1.07 bits per heavy atom. The van der Waals surface area contributed by atoms with Gasteiger partial charge in [0.25, 0.3) is 5.91 Å². The molecule has 4 amide bonds. The highest BCUT2D eigenvalue weighted by Gasteiger charge is 2.27. The van der Waals surface area contributed by atoms with E-state index in [1.54, 1.807) is 13.0 Å². The fourth-order valence-corrected chi connectivity index (χ4v) is 5.18. The first-order valence-corrected chi connectivity index (χ1v) is 13.5. The monoisotopic (exact) mass is 600 g/mol. The minimum atomic E-state index is -1.50. The molecule has 214 valence electrons. The molecule has 0 aromatic heterocycles. The molecule has 0 fully saturated rings. The molecule has 5 N–H and O–H groups in total. The number of anilines is 1. The molecule has 2 atom stereocenters. The zero-order chi connectivity index (χ0) is 29.7. The van der Waals surface area contributed by atoms with Crippen molar-refractivity contribution in [3.8, 4) is 0 Å². The first-order valence-electron chi connectivity index (χ1n) is 12.7. The SMILES string of the molecule is Cc1cc(CC(=O)Nc2ccc(Cl)c(C(=O)NC(CNC(=O)NC3CCc4ccccc43)C(=O)O)c2Cl)ccc1F. The van der Waals surface area contributed by atoms with Crippen LogP contribution in [0.2, 0.25) is 10.0 Å². The van der Waals surface area contributed by atoms with Gasteiger partial charge in [0.05, 0.1) is 40.3 Å². The normalized spacial score (nSPS) is 14.5. The Morgan fingerprint density at radius 2 is 1.83 bits per heavy atom. The summed E-state index contributed by atoms with van der Waals surface area (Å²) in [5, 5.41) is 19.6. The minimum absolute atomic E-state index is 0.0746. The van der Waals surface area contributed by atoms with E-state index in [1.165, 1.54) is 24.3 Å². The average Bonchev–Trinajstić information content (AvgIpc) is 3.32. The Kier molecular flexibility index (Phi) is 9.46. The van der Waals surface area contributed by atoms with Crippen LogP contribution in [-0.2, 0) is 22.4 Å². The fraction of sp³-hybridized carbons (Fsp3) is 0.241. The maximum Gasteiger partial charge on any atom is 0.328 e. The van der Waals surface area contributed by atoms with Crippen molar-refractivity contribution in [2.75, 3.05) is 11.9 Å². The van der Waals surface area contributed by atoms with E-state index in [0.29, 0.717) is 11.1 Å². The standard InChI is InChI=1S/C29H27Cl2FN4O5/c1-15-12-16(6-9-20(15)32)13-24(37)34-22-11-8-19(30)25(26(22)31)27(38)35-23(28(39)40)14-33-29(41)36-21-10-7-17-4-2-3-5-18(17)21/h2-6,8-9,11-12,21,23H,7,10,13-14H2,1H3,(H,34,37)(H,35,38)(H,39,40)(H2,33,36,41). The van der Waals surface area contributed by atoms with E-state index in [2.05, 4.69) is 21.3 Å². The lowest BCUT2D eigenvalue weighted by Crippen LogP contribution is -2.50. The van der Waals surface area contributed by atoms with Crippen LogP contribution in [0, 0.1) is 12.7 Å². The van der Waals surface area contributed by atoms with Crippen molar-refractivity contribution in [2.45, 2.75) is 38.3 Å². The summed E-state index contributed by atoms with van der Waals surface area (Å²) in [5.41, 5.74) is 2.94. The summed E-state index contributed by atoms with van der Waals surface area (Å²) in [6.07, 6.45) is 1.46. The molecule has 3 aromatic rings. The molecule has 41 heavy (non-hydrogen) atoms. The number of urea groups is 1. The van der Waals surface area contributed by atoms with Gasteiger partial charge < -0.3 is 26.4 Å². The Morgan fingerprint density at radius 3 is 2.56 bits per heavy atom. The number of carbonyl (C=O) groups is 4. The van der Waals surface area contributed by atoms with Crippen LogP contribution in [0.15, 0.2) is 54.6 Å². The van der Waals surface area contributed by atoms with Crippen molar-refractivity contribution in [1.29, 1.82) is 0 Å². The molecule has 4 rings (SSSR count). The Balaban J connectivity index is 1.38. The molecule has 2 unspecified atom stereocenters. The van der Waals surface area contributed by atoms with Gasteiger partial charge in [0.1, 0.15) is 11.9 Å². The summed E-state index contributed by atoms with van der Waals surface area (Å²) in [4.78, 5) is 50.0. The van der Waals surface area contributed by atoms with Gasteiger partial charge in [-0.05, 0) is 60.2 Å². The third-order valence-electron chi connectivity index (χ3n) is 6.69. The van der Waals surface area contributed by atoms with Gasteiger partial charge in [-0.25, -0.2) is 14.0 Å². The largest absolute Gasteiger partial charge is 0.480 e. The Bertz CT molecular complexity index is 1520. The molecule has 0 saturated carbocycles. The maximum atomic E-state index is 13.5. The molecule has 3 aromatic carbocycles. The second-order valence-corrected chi connectivity index (χ2v) is 10.4. The van der Waals surface area contributed by atoms with Crippen LogP contribution >= 0.6 is 23.2 Å². The summed E-state index contributed by atoms with van der Waals surface area (Å²) < 4.78 is 13.5. The minimum Gasteiger partial charge on any atom is -0.480 e. The molecular formula is C29H27Cl2FN4O5. The number of carbonyl (C=O) groups excluding carboxylic acids is 3. The zero-order valence-electron chi connectivity index (χ0n) is 21.9. The summed E-state index contributed by atoms with van der Waals surface area (Å²) in [5.74, 6) is -3.17. The Hall–Kier alpha value is -4.15. The van der Waals surface area contributed by atoms with E-state index < -0.39 is 36.4 Å².